The Morgan fingerprint density at radius 2 is 2.06 bits per heavy atom. The molecule has 3 rings (SSSR count). The molecule has 1 aromatic carbocycles. The van der Waals surface area contributed by atoms with Crippen LogP contribution in [0.1, 0.15) is 39.8 Å². The number of esters is 1. The molecule has 198 valence electrons. The summed E-state index contributed by atoms with van der Waals surface area (Å²) >= 11 is 3.33. The summed E-state index contributed by atoms with van der Waals surface area (Å²) in [5.41, 5.74) is 4.92. The summed E-state index contributed by atoms with van der Waals surface area (Å²) in [6.07, 6.45) is 0.973. The quantitative estimate of drug-likeness (QED) is 0.277. The van der Waals surface area contributed by atoms with Gasteiger partial charge in [-0.25, -0.2) is 9.36 Å². The predicted octanol–water partition coefficient (Wildman–Crippen LogP) is 3.37. The predicted molar refractivity (Wildman–Crippen MR) is 134 cm³/mol. The summed E-state index contributed by atoms with van der Waals surface area (Å²) in [4.78, 5) is 28.2. The zero-order valence-corrected chi connectivity index (χ0v) is 22.6. The minimum Gasteiger partial charge on any atom is -0.462 e. The zero-order chi connectivity index (χ0) is 26.3. The number of nitrogens with two attached hydrogens (primary N) is 1. The van der Waals surface area contributed by atoms with Gasteiger partial charge in [-0.05, 0) is 50.6 Å². The molecule has 2 unspecified atom stereocenters. The van der Waals surface area contributed by atoms with Crippen molar-refractivity contribution in [2.75, 3.05) is 18.9 Å². The number of aromatic nitrogens is 2. The van der Waals surface area contributed by atoms with E-state index in [-0.39, 0.29) is 30.9 Å². The molecule has 0 aliphatic carbocycles. The van der Waals surface area contributed by atoms with E-state index < -0.39 is 38.0 Å². The molecule has 0 radical (unpaired) electrons. The number of carbonyl (C=O) groups is 1. The second-order valence-electron chi connectivity index (χ2n) is 8.12. The first kappa shape index (κ1) is 28.3. The smallest absolute Gasteiger partial charge is 0.459 e. The van der Waals surface area contributed by atoms with E-state index in [1.807, 2.05) is 6.92 Å². The number of hydrogen-bond acceptors (Lipinski definition) is 10. The molecule has 2 heterocycles. The van der Waals surface area contributed by atoms with E-state index in [2.05, 4.69) is 26.0 Å². The van der Waals surface area contributed by atoms with E-state index in [1.165, 1.54) is 23.8 Å². The van der Waals surface area contributed by atoms with Crippen LogP contribution in [0.25, 0.3) is 0 Å². The van der Waals surface area contributed by atoms with Crippen LogP contribution in [0.3, 0.4) is 0 Å². The maximum absolute atomic E-state index is 13.6. The maximum atomic E-state index is 13.6. The molecule has 5 atom stereocenters. The van der Waals surface area contributed by atoms with Gasteiger partial charge in [-0.2, -0.15) is 10.1 Å². The van der Waals surface area contributed by atoms with Crippen molar-refractivity contribution in [1.82, 2.24) is 14.6 Å². The van der Waals surface area contributed by atoms with Crippen molar-refractivity contribution in [2.24, 2.45) is 0 Å². The van der Waals surface area contributed by atoms with Gasteiger partial charge >= 0.3 is 19.4 Å². The first-order valence-corrected chi connectivity index (χ1v) is 13.7. The van der Waals surface area contributed by atoms with Gasteiger partial charge in [0.15, 0.2) is 12.5 Å². The fourth-order valence-corrected chi connectivity index (χ4v) is 5.00. The van der Waals surface area contributed by atoms with Crippen LogP contribution >= 0.6 is 23.7 Å². The van der Waals surface area contributed by atoms with Gasteiger partial charge in [-0.3, -0.25) is 13.9 Å². The lowest BCUT2D eigenvalue weighted by Gasteiger charge is -2.24. The highest BCUT2D eigenvalue weighted by Gasteiger charge is 2.36. The largest absolute Gasteiger partial charge is 0.462 e. The van der Waals surface area contributed by atoms with Gasteiger partial charge in [-0.1, -0.05) is 29.3 Å². The Hall–Kier alpha value is -2.28. The molecule has 0 bridgehead atoms. The Morgan fingerprint density at radius 1 is 1.33 bits per heavy atom. The highest BCUT2D eigenvalue weighted by atomic mass is 79.9. The van der Waals surface area contributed by atoms with Crippen LogP contribution in [0.2, 0.25) is 0 Å². The van der Waals surface area contributed by atoms with Gasteiger partial charge in [0.1, 0.15) is 24.2 Å². The van der Waals surface area contributed by atoms with Crippen molar-refractivity contribution in [3.63, 3.8) is 0 Å². The highest BCUT2D eigenvalue weighted by Crippen LogP contribution is 2.45. The number of rotatable bonds is 12. The molecule has 2 aromatic rings. The lowest BCUT2D eigenvalue weighted by atomic mass is 10.2. The number of benzene rings is 1. The van der Waals surface area contributed by atoms with Crippen LogP contribution in [-0.2, 0) is 28.1 Å². The number of anilines is 1. The lowest BCUT2D eigenvalue weighted by Crippen LogP contribution is -2.37. The fraction of sp³-hybridized carbons (Fsp3) is 0.500. The number of nitrogens with zero attached hydrogens (tertiary/aromatic N) is 2. The number of nitrogen functional groups attached to an aromatic ring is 1. The second-order valence-corrected chi connectivity index (χ2v) is 10.7. The van der Waals surface area contributed by atoms with Crippen molar-refractivity contribution in [1.29, 1.82) is 0 Å². The molecular weight excluding hydrogens is 559 g/mol. The van der Waals surface area contributed by atoms with Gasteiger partial charge in [-0.15, -0.1) is 0 Å². The first-order chi connectivity index (χ1) is 17.1. The molecule has 1 aromatic heterocycles. The van der Waals surface area contributed by atoms with Crippen LogP contribution in [0.5, 0.6) is 5.75 Å². The Kier molecular flexibility index (Phi) is 10.1. The number of carbonyl (C=O) groups excluding carboxylic acids is 1. The number of halogens is 1. The first-order valence-electron chi connectivity index (χ1n) is 11.4. The van der Waals surface area contributed by atoms with E-state index in [1.54, 1.807) is 31.2 Å². The molecule has 3 N–H and O–H groups in total. The monoisotopic (exact) mass is 588 g/mol. The van der Waals surface area contributed by atoms with Gasteiger partial charge in [0, 0.05) is 10.7 Å². The summed E-state index contributed by atoms with van der Waals surface area (Å²) in [5, 5.41) is 2.62. The molecule has 14 heteroatoms. The van der Waals surface area contributed by atoms with Crippen molar-refractivity contribution >= 4 is 35.5 Å². The molecule has 1 fully saturated rings. The van der Waals surface area contributed by atoms with Crippen LogP contribution in [0.15, 0.2) is 45.8 Å². The van der Waals surface area contributed by atoms with Gasteiger partial charge < -0.3 is 24.5 Å². The third-order valence-electron chi connectivity index (χ3n) is 5.03. The fourth-order valence-electron chi connectivity index (χ4n) is 3.26. The standard InChI is InChI=1S/C22H30BrN4O8P/c1-4-5-14(2)33-21(28)15(3)26-36(30,35-17-8-6-16(23)7-9-17)32-13-20-31-12-19(34-20)27-11-10-18(24)25-22(27)29/h6-11,14-15,19-20H,4-5,12-13H2,1-3H3,(H,26,30)(H2,24,25,29)/t14-,15-,19?,20-,36?/m0/s1. The second kappa shape index (κ2) is 12.8. The van der Waals surface area contributed by atoms with Crippen LogP contribution in [0, 0.1) is 0 Å². The van der Waals surface area contributed by atoms with E-state index >= 15 is 0 Å². The van der Waals surface area contributed by atoms with Crippen LogP contribution < -0.4 is 21.0 Å². The molecule has 0 amide bonds. The van der Waals surface area contributed by atoms with Crippen molar-refractivity contribution < 1.29 is 32.6 Å². The third-order valence-corrected chi connectivity index (χ3v) is 7.21. The Balaban J connectivity index is 1.67. The van der Waals surface area contributed by atoms with E-state index in [9.17, 15) is 14.2 Å². The van der Waals surface area contributed by atoms with Crippen LogP contribution in [0.4, 0.5) is 5.82 Å². The number of hydrogen-bond donors (Lipinski definition) is 2. The summed E-state index contributed by atoms with van der Waals surface area (Å²) in [7, 11) is -4.11. The zero-order valence-electron chi connectivity index (χ0n) is 20.2. The SMILES string of the molecule is CCC[C@H](C)OC(=O)[C@H](C)NP(=O)(OC[C@H]1OCC(n2ccc(N)nc2=O)O1)Oc1ccc(Br)cc1. The summed E-state index contributed by atoms with van der Waals surface area (Å²) in [6, 6.07) is 7.05. The van der Waals surface area contributed by atoms with Gasteiger partial charge in [0.2, 0.25) is 0 Å². The average Bonchev–Trinajstić information content (AvgIpc) is 3.28. The number of ether oxygens (including phenoxy) is 3. The molecule has 0 saturated carbocycles. The van der Waals surface area contributed by atoms with Crippen molar-refractivity contribution in [3.8, 4) is 5.75 Å². The molecule has 12 nitrogen and oxygen atoms in total. The third kappa shape index (κ3) is 8.12. The topological polar surface area (TPSA) is 153 Å². The molecule has 1 aliphatic heterocycles. The molecule has 1 saturated heterocycles. The Morgan fingerprint density at radius 3 is 2.72 bits per heavy atom. The van der Waals surface area contributed by atoms with Gasteiger partial charge in [0.25, 0.3) is 0 Å². The molecular formula is C22H30BrN4O8P. The maximum Gasteiger partial charge on any atom is 0.459 e. The van der Waals surface area contributed by atoms with Gasteiger partial charge in [0.05, 0.1) is 12.7 Å². The number of nitrogens with one attached hydrogen (secondary N) is 1. The van der Waals surface area contributed by atoms with Crippen molar-refractivity contribution in [3.05, 3.63) is 51.5 Å². The summed E-state index contributed by atoms with van der Waals surface area (Å²) in [5.74, 6) is -0.258. The normalized spacial score (nSPS) is 20.9. The summed E-state index contributed by atoms with van der Waals surface area (Å²) < 4.78 is 43.5. The Labute approximate surface area is 217 Å². The molecule has 36 heavy (non-hydrogen) atoms. The van der Waals surface area contributed by atoms with E-state index in [0.717, 1.165) is 10.9 Å². The Bertz CT molecular complexity index is 1130. The summed E-state index contributed by atoms with van der Waals surface area (Å²) in [6.45, 7) is 4.99. The average molecular weight is 589 g/mol. The molecule has 0 spiro atoms. The molecule has 1 aliphatic rings. The lowest BCUT2D eigenvalue weighted by molar-refractivity contribution is -0.150. The minimum absolute atomic E-state index is 0.0306. The van der Waals surface area contributed by atoms with Crippen LogP contribution in [-0.4, -0.2) is 47.2 Å². The highest BCUT2D eigenvalue weighted by molar-refractivity contribution is 9.10. The van der Waals surface area contributed by atoms with E-state index in [0.29, 0.717) is 6.42 Å². The van der Waals surface area contributed by atoms with E-state index in [4.69, 9.17) is 29.0 Å². The minimum atomic E-state index is -4.11. The van der Waals surface area contributed by atoms with Crippen molar-refractivity contribution in [2.45, 2.75) is 58.3 Å².